The summed E-state index contributed by atoms with van der Waals surface area (Å²) in [6.07, 6.45) is 95.8. The highest BCUT2D eigenvalue weighted by Gasteiger charge is 2.17. The molecule has 5 nitrogen and oxygen atoms in total. The molecule has 0 unspecified atom stereocenters. The van der Waals surface area contributed by atoms with E-state index >= 15 is 0 Å². The normalized spacial score (nSPS) is 11.9. The van der Waals surface area contributed by atoms with Crippen molar-refractivity contribution in [2.45, 2.75) is 430 Å². The molecule has 0 saturated heterocycles. The number of nitrogens with zero attached hydrogens (tertiary/aromatic N) is 1. The topological polar surface area (TPSA) is 86.2 Å². The van der Waals surface area contributed by atoms with Crippen molar-refractivity contribution in [1.29, 1.82) is 0 Å². The molecule has 0 aliphatic rings. The van der Waals surface area contributed by atoms with Crippen LogP contribution in [0.15, 0.2) is 88.7 Å². The third kappa shape index (κ3) is 42.3. The van der Waals surface area contributed by atoms with Gasteiger partial charge in [-0.2, -0.15) is 0 Å². The largest absolute Gasteiger partial charge is 0.471 e. The van der Waals surface area contributed by atoms with Gasteiger partial charge in [0, 0.05) is 42.7 Å². The van der Waals surface area contributed by atoms with Crippen LogP contribution in [-0.2, 0) is 25.8 Å². The van der Waals surface area contributed by atoms with Gasteiger partial charge in [0.15, 0.2) is 0 Å². The maximum atomic E-state index is 8.99. The highest BCUT2D eigenvalue weighted by Crippen LogP contribution is 2.39. The van der Waals surface area contributed by atoms with Gasteiger partial charge in [0.2, 0.25) is 0 Å². The third-order valence-corrected chi connectivity index (χ3v) is 22.6. The Balaban J connectivity index is 1.11. The van der Waals surface area contributed by atoms with Crippen LogP contribution < -0.4 is 0 Å². The van der Waals surface area contributed by atoms with Gasteiger partial charge in [0.1, 0.15) is 0 Å². The Labute approximate surface area is 617 Å². The molecule has 5 rings (SSSR count). The molecule has 5 heteroatoms. The number of unbranched alkanes of at least 4 members (excludes halogenated alkanes) is 60. The molecule has 1 heterocycles. The lowest BCUT2D eigenvalue weighted by Crippen LogP contribution is -2.06. The Bertz CT molecular complexity index is 2590. The quantitative estimate of drug-likeness (QED) is 0.0206. The molecule has 0 radical (unpaired) electrons. The molecule has 0 amide bonds. The van der Waals surface area contributed by atoms with Crippen molar-refractivity contribution in [3.8, 4) is 11.1 Å². The van der Waals surface area contributed by atoms with Crippen molar-refractivity contribution < 1.29 is 19.7 Å². The monoisotopic (exact) mass is 1380 g/mol. The fraction of sp³-hybridized carbons (Fsp3) is 0.737. The molecule has 100 heavy (non-hydrogen) atoms. The smallest absolute Gasteiger partial charge is 0.0996 e. The summed E-state index contributed by atoms with van der Waals surface area (Å²) in [6, 6.07) is 25.0. The van der Waals surface area contributed by atoms with E-state index in [-0.39, 0.29) is 0 Å². The van der Waals surface area contributed by atoms with E-state index in [0.29, 0.717) is 26.4 Å². The number of fused-ring (bicyclic) bond motifs is 2. The summed E-state index contributed by atoms with van der Waals surface area (Å²) in [5.41, 5.74) is 9.86. The van der Waals surface area contributed by atoms with Gasteiger partial charge in [0.05, 0.1) is 19.1 Å². The second-order valence-electron chi connectivity index (χ2n) is 31.4. The molecule has 0 aliphatic heterocycles. The molecule has 3 N–H and O–H groups in total. The molecule has 5 aromatic rings. The molecule has 566 valence electrons. The minimum Gasteiger partial charge on any atom is -0.471 e. The second-order valence-corrected chi connectivity index (χ2v) is 31.4. The van der Waals surface area contributed by atoms with Gasteiger partial charge in [-0.05, 0) is 108 Å². The average molecular weight is 1380 g/mol. The lowest BCUT2D eigenvalue weighted by atomic mass is 9.87. The van der Waals surface area contributed by atoms with Gasteiger partial charge in [-0.3, -0.25) is 4.99 Å². The summed E-state index contributed by atoms with van der Waals surface area (Å²) < 4.78 is 6.07. The average Bonchev–Trinajstić information content (AvgIpc) is 1.25. The van der Waals surface area contributed by atoms with Gasteiger partial charge >= 0.3 is 0 Å². The maximum Gasteiger partial charge on any atom is 0.0996 e. The van der Waals surface area contributed by atoms with Crippen LogP contribution in [0.25, 0.3) is 32.7 Å². The van der Waals surface area contributed by atoms with Crippen LogP contribution in [-0.4, -0.2) is 41.4 Å². The highest BCUT2D eigenvalue weighted by atomic mass is 16.3. The molecular weight excluding hydrogens is 1220 g/mol. The number of aliphatic hydroxyl groups is 3. The zero-order valence-corrected chi connectivity index (χ0v) is 65.3. The SMILES string of the molecule is OCCCCCCCCCCCCCCCCCCCCCCCc1ccc(CN=Cc2cocc2-c2c3ccccc3cc3ccccc23)c(CCCCCCCCCCCCCCCCCCCCCCCO)c1CCCCCCCCCCCCCCCCCCCCCCCO. The Morgan fingerprint density at radius 1 is 0.260 bits per heavy atom. The Morgan fingerprint density at radius 3 is 0.810 bits per heavy atom. The molecule has 0 bridgehead atoms. The zero-order valence-electron chi connectivity index (χ0n) is 65.3. The van der Waals surface area contributed by atoms with Crippen LogP contribution in [0, 0.1) is 0 Å². The van der Waals surface area contributed by atoms with E-state index in [4.69, 9.17) is 24.7 Å². The molecule has 0 atom stereocenters. The van der Waals surface area contributed by atoms with Gasteiger partial charge in [-0.15, -0.1) is 0 Å². The van der Waals surface area contributed by atoms with Crippen LogP contribution >= 0.6 is 0 Å². The Kier molecular flexibility index (Phi) is 55.3. The van der Waals surface area contributed by atoms with E-state index in [2.05, 4.69) is 72.9 Å². The lowest BCUT2D eigenvalue weighted by molar-refractivity contribution is 0.282. The van der Waals surface area contributed by atoms with Gasteiger partial charge in [0.25, 0.3) is 0 Å². The molecule has 0 fully saturated rings. The van der Waals surface area contributed by atoms with Gasteiger partial charge in [-0.1, -0.05) is 427 Å². The van der Waals surface area contributed by atoms with E-state index in [1.807, 2.05) is 12.5 Å². The van der Waals surface area contributed by atoms with Crippen LogP contribution in [0.1, 0.15) is 432 Å². The number of aliphatic imine (C=N–C) groups is 1. The zero-order chi connectivity index (χ0) is 70.2. The van der Waals surface area contributed by atoms with Crippen molar-refractivity contribution in [2.75, 3.05) is 19.8 Å². The predicted octanol–water partition coefficient (Wildman–Crippen LogP) is 30.1. The number of rotatable bonds is 73. The standard InChI is InChI=1S/C95H157NO4/c97-77-65-55-49-43-37-31-25-19-13-7-1-4-10-16-22-28-34-40-46-52-58-68-85-75-76-88(81-96-82-89-83-100-84-94(89)95-92-73-63-61-69-86(92)80-87-70-62-64-74-93(87)95)91(72-60-54-48-42-36-30-24-18-12-6-3-9-15-21-27-33-39-45-51-57-67-79-99)90(85)71-59-53-47-41-35-29-23-17-11-5-2-8-14-20-26-32-38-44-50-56-66-78-98/h61-64,69-70,73-76,80,82-84,97-99H,1-60,65-68,71-72,77-79,81H2. The molecular formula is C95H157NO4. The molecule has 0 saturated carbocycles. The first-order valence-corrected chi connectivity index (χ1v) is 44.2. The van der Waals surface area contributed by atoms with E-state index < -0.39 is 0 Å². The summed E-state index contributed by atoms with van der Waals surface area (Å²) in [5, 5.41) is 32.0. The number of hydrogen-bond donors (Lipinski definition) is 3. The fourth-order valence-electron chi connectivity index (χ4n) is 16.3. The predicted molar refractivity (Wildman–Crippen MR) is 440 cm³/mol. The van der Waals surface area contributed by atoms with Crippen LogP contribution in [0.4, 0.5) is 0 Å². The number of aryl methyl sites for hydroxylation is 1. The first kappa shape index (κ1) is 86.9. The van der Waals surface area contributed by atoms with E-state index in [1.54, 1.807) is 16.7 Å². The van der Waals surface area contributed by atoms with Crippen LogP contribution in [0.3, 0.4) is 0 Å². The summed E-state index contributed by atoms with van der Waals surface area (Å²) in [6.45, 7) is 1.78. The minimum absolute atomic E-state index is 0.358. The Hall–Kier alpha value is -3.77. The summed E-state index contributed by atoms with van der Waals surface area (Å²) in [5.74, 6) is 0. The van der Waals surface area contributed by atoms with Crippen molar-refractivity contribution in [1.82, 2.24) is 0 Å². The lowest BCUT2D eigenvalue weighted by Gasteiger charge is -2.19. The summed E-state index contributed by atoms with van der Waals surface area (Å²) >= 11 is 0. The van der Waals surface area contributed by atoms with Crippen LogP contribution in [0.2, 0.25) is 0 Å². The van der Waals surface area contributed by atoms with E-state index in [1.165, 1.54) is 437 Å². The number of hydrogen-bond acceptors (Lipinski definition) is 5. The number of furan rings is 1. The summed E-state index contributed by atoms with van der Waals surface area (Å²) in [7, 11) is 0. The van der Waals surface area contributed by atoms with Gasteiger partial charge < -0.3 is 19.7 Å². The Morgan fingerprint density at radius 2 is 0.510 bits per heavy atom. The van der Waals surface area contributed by atoms with Crippen LogP contribution in [0.5, 0.6) is 0 Å². The van der Waals surface area contributed by atoms with Crippen molar-refractivity contribution in [3.05, 3.63) is 107 Å². The van der Waals surface area contributed by atoms with E-state index in [9.17, 15) is 0 Å². The molecule has 0 spiro atoms. The number of benzene rings is 4. The van der Waals surface area contributed by atoms with Gasteiger partial charge in [-0.25, -0.2) is 0 Å². The van der Waals surface area contributed by atoms with E-state index in [0.717, 1.165) is 30.4 Å². The second kappa shape index (κ2) is 63.7. The number of aliphatic hydroxyl groups excluding tert-OH is 3. The first-order valence-electron chi connectivity index (χ1n) is 44.2. The van der Waals surface area contributed by atoms with Crippen molar-refractivity contribution in [3.63, 3.8) is 0 Å². The first-order chi connectivity index (χ1) is 49.7. The summed E-state index contributed by atoms with van der Waals surface area (Å²) in [4.78, 5) is 5.35. The third-order valence-electron chi connectivity index (χ3n) is 22.6. The fourth-order valence-corrected chi connectivity index (χ4v) is 16.3. The highest BCUT2D eigenvalue weighted by molar-refractivity contribution is 6.14. The molecule has 0 aliphatic carbocycles. The van der Waals surface area contributed by atoms with Crippen molar-refractivity contribution >= 4 is 27.8 Å². The minimum atomic E-state index is 0.358. The molecule has 1 aromatic heterocycles. The maximum absolute atomic E-state index is 8.99. The van der Waals surface area contributed by atoms with Crippen molar-refractivity contribution in [2.24, 2.45) is 4.99 Å². The molecule has 4 aromatic carbocycles.